The van der Waals surface area contributed by atoms with Gasteiger partial charge in [0.05, 0.1) is 17.5 Å². The number of thiazole rings is 1. The molecule has 1 N–H and O–H groups in total. The van der Waals surface area contributed by atoms with E-state index in [4.69, 9.17) is 16.6 Å². The molecule has 6 rings (SSSR count). The predicted molar refractivity (Wildman–Crippen MR) is 127 cm³/mol. The number of carbonyl (C=O) groups excluding carboxylic acids is 1. The van der Waals surface area contributed by atoms with Crippen LogP contribution in [0.1, 0.15) is 48.8 Å². The molecule has 0 spiro atoms. The lowest BCUT2D eigenvalue weighted by atomic mass is 10.2. The molecule has 2 aliphatic carbocycles. The number of imidazole rings is 1. The SMILES string of the molecule is CCn1c(C(=O)N(C2CC2)C2CC2)cc2c3c(ncn3C)c(Nc3nc(C)c(Cl)s3)nc21. The van der Waals surface area contributed by atoms with Crippen molar-refractivity contribution in [3.8, 4) is 0 Å². The van der Waals surface area contributed by atoms with Gasteiger partial charge in [-0.15, -0.1) is 0 Å². The lowest BCUT2D eigenvalue weighted by Gasteiger charge is -2.22. The number of carbonyl (C=O) groups is 1. The van der Waals surface area contributed by atoms with Crippen molar-refractivity contribution in [2.24, 2.45) is 7.05 Å². The van der Waals surface area contributed by atoms with Crippen LogP contribution in [-0.4, -0.2) is 47.0 Å². The summed E-state index contributed by atoms with van der Waals surface area (Å²) in [5.41, 5.74) is 3.96. The molecular formula is C22H24ClN7OS. The molecule has 10 heteroatoms. The van der Waals surface area contributed by atoms with Gasteiger partial charge in [-0.3, -0.25) is 4.79 Å². The third kappa shape index (κ3) is 3.09. The Hall–Kier alpha value is -2.65. The van der Waals surface area contributed by atoms with Crippen LogP contribution in [0, 0.1) is 6.92 Å². The fourth-order valence-corrected chi connectivity index (χ4v) is 5.45. The number of aromatic nitrogens is 5. The van der Waals surface area contributed by atoms with Gasteiger partial charge in [0.2, 0.25) is 0 Å². The number of nitrogens with zero attached hydrogens (tertiary/aromatic N) is 6. The van der Waals surface area contributed by atoms with Gasteiger partial charge in [-0.25, -0.2) is 15.0 Å². The Labute approximate surface area is 194 Å². The predicted octanol–water partition coefficient (Wildman–Crippen LogP) is 4.87. The van der Waals surface area contributed by atoms with Crippen molar-refractivity contribution in [3.63, 3.8) is 0 Å². The Morgan fingerprint density at radius 2 is 2.00 bits per heavy atom. The lowest BCUT2D eigenvalue weighted by Crippen LogP contribution is -2.36. The first-order valence-corrected chi connectivity index (χ1v) is 12.2. The third-order valence-electron chi connectivity index (χ3n) is 6.32. The second-order valence-corrected chi connectivity index (χ2v) is 10.3. The van der Waals surface area contributed by atoms with Gasteiger partial charge < -0.3 is 19.4 Å². The molecule has 0 aromatic carbocycles. The molecule has 0 radical (unpaired) electrons. The Bertz CT molecular complexity index is 1350. The van der Waals surface area contributed by atoms with E-state index >= 15 is 0 Å². The topological polar surface area (TPSA) is 80.9 Å². The Balaban J connectivity index is 1.52. The summed E-state index contributed by atoms with van der Waals surface area (Å²) in [7, 11) is 1.97. The van der Waals surface area contributed by atoms with Gasteiger partial charge in [-0.1, -0.05) is 22.9 Å². The summed E-state index contributed by atoms with van der Waals surface area (Å²) in [4.78, 5) is 29.8. The van der Waals surface area contributed by atoms with E-state index in [0.29, 0.717) is 39.6 Å². The van der Waals surface area contributed by atoms with Crippen molar-refractivity contribution in [3.05, 3.63) is 28.1 Å². The molecule has 0 bridgehead atoms. The number of rotatable bonds is 6. The van der Waals surface area contributed by atoms with Gasteiger partial charge >= 0.3 is 0 Å². The first kappa shape index (κ1) is 20.0. The standard InChI is InChI=1S/C22H24ClN7OS/c1-4-29-15(21(31)30(12-5-6-12)13-7-8-13)9-14-17-16(24-10-28(17)3)19(26-20(14)29)27-22-25-11(2)18(23)32-22/h9-10,12-13H,4-8H2,1-3H3,(H,25,26,27). The van der Waals surface area contributed by atoms with Crippen molar-refractivity contribution in [2.75, 3.05) is 5.32 Å². The van der Waals surface area contributed by atoms with Crippen LogP contribution in [-0.2, 0) is 13.6 Å². The molecule has 8 nitrogen and oxygen atoms in total. The summed E-state index contributed by atoms with van der Waals surface area (Å²) in [5, 5.41) is 4.92. The number of amides is 1. The molecule has 4 heterocycles. The number of anilines is 2. The summed E-state index contributed by atoms with van der Waals surface area (Å²) in [6.45, 7) is 4.59. The van der Waals surface area contributed by atoms with Crippen molar-refractivity contribution in [1.82, 2.24) is 29.0 Å². The smallest absolute Gasteiger partial charge is 0.271 e. The molecule has 2 fully saturated rings. The highest BCUT2D eigenvalue weighted by Gasteiger charge is 2.43. The van der Waals surface area contributed by atoms with Crippen LogP contribution >= 0.6 is 22.9 Å². The minimum absolute atomic E-state index is 0.127. The first-order valence-electron chi connectivity index (χ1n) is 11.0. The summed E-state index contributed by atoms with van der Waals surface area (Å²) in [6, 6.07) is 2.81. The van der Waals surface area contributed by atoms with Gasteiger partial charge in [0, 0.05) is 31.1 Å². The van der Waals surface area contributed by atoms with Gasteiger partial charge in [0.1, 0.15) is 21.2 Å². The van der Waals surface area contributed by atoms with Crippen LogP contribution < -0.4 is 5.32 Å². The number of pyridine rings is 1. The fourth-order valence-electron chi connectivity index (χ4n) is 4.50. The highest BCUT2D eigenvalue weighted by molar-refractivity contribution is 7.19. The zero-order chi connectivity index (χ0) is 22.1. The molecule has 2 saturated carbocycles. The molecule has 4 aromatic rings. The van der Waals surface area contributed by atoms with Crippen LogP contribution in [0.2, 0.25) is 4.34 Å². The van der Waals surface area contributed by atoms with E-state index in [1.165, 1.54) is 11.3 Å². The van der Waals surface area contributed by atoms with E-state index < -0.39 is 0 Å². The van der Waals surface area contributed by atoms with E-state index in [9.17, 15) is 4.79 Å². The van der Waals surface area contributed by atoms with Gasteiger partial charge in [0.25, 0.3) is 5.91 Å². The average Bonchev–Trinajstić information content (AvgIpc) is 3.68. The van der Waals surface area contributed by atoms with E-state index in [-0.39, 0.29) is 5.91 Å². The van der Waals surface area contributed by atoms with Gasteiger partial charge in [-0.2, -0.15) is 0 Å². The Morgan fingerprint density at radius 1 is 1.28 bits per heavy atom. The number of hydrogen-bond acceptors (Lipinski definition) is 6. The minimum Gasteiger partial charge on any atom is -0.333 e. The molecule has 4 aromatic heterocycles. The minimum atomic E-state index is 0.127. The van der Waals surface area contributed by atoms with E-state index in [2.05, 4.69) is 27.1 Å². The molecule has 0 aliphatic heterocycles. The number of hydrogen-bond donors (Lipinski definition) is 1. The quantitative estimate of drug-likeness (QED) is 0.435. The molecule has 2 aliphatic rings. The van der Waals surface area contributed by atoms with E-state index in [1.807, 2.05) is 29.2 Å². The third-order valence-corrected chi connectivity index (χ3v) is 7.68. The maximum atomic E-state index is 13.6. The second kappa shape index (κ2) is 7.18. The summed E-state index contributed by atoms with van der Waals surface area (Å²) < 4.78 is 4.67. The second-order valence-electron chi connectivity index (χ2n) is 8.70. The van der Waals surface area contributed by atoms with Crippen LogP contribution in [0.25, 0.3) is 22.1 Å². The van der Waals surface area contributed by atoms with E-state index in [0.717, 1.165) is 53.4 Å². The molecule has 32 heavy (non-hydrogen) atoms. The fraction of sp³-hybridized carbons (Fsp3) is 0.455. The van der Waals surface area contributed by atoms with Crippen LogP contribution in [0.3, 0.4) is 0 Å². The molecule has 0 atom stereocenters. The monoisotopic (exact) mass is 469 g/mol. The maximum Gasteiger partial charge on any atom is 0.271 e. The normalized spacial score (nSPS) is 16.2. The first-order chi connectivity index (χ1) is 15.5. The van der Waals surface area contributed by atoms with Crippen LogP contribution in [0.4, 0.5) is 10.9 Å². The number of halogens is 1. The van der Waals surface area contributed by atoms with Gasteiger partial charge in [0.15, 0.2) is 10.9 Å². The Kier molecular flexibility index (Phi) is 4.49. The molecular weight excluding hydrogens is 446 g/mol. The van der Waals surface area contributed by atoms with Crippen molar-refractivity contribution < 1.29 is 4.79 Å². The van der Waals surface area contributed by atoms with Crippen molar-refractivity contribution >= 4 is 61.9 Å². The molecule has 1 amide bonds. The number of aryl methyl sites for hydroxylation is 3. The maximum absolute atomic E-state index is 13.6. The van der Waals surface area contributed by atoms with Crippen molar-refractivity contribution in [1.29, 1.82) is 0 Å². The summed E-state index contributed by atoms with van der Waals surface area (Å²) in [5.74, 6) is 0.744. The largest absolute Gasteiger partial charge is 0.333 e. The summed E-state index contributed by atoms with van der Waals surface area (Å²) in [6.07, 6.45) is 6.24. The highest BCUT2D eigenvalue weighted by atomic mass is 35.5. The van der Waals surface area contributed by atoms with Gasteiger partial charge in [-0.05, 0) is 45.6 Å². The highest BCUT2D eigenvalue weighted by Crippen LogP contribution is 2.40. The average molecular weight is 470 g/mol. The van der Waals surface area contributed by atoms with Crippen LogP contribution in [0.15, 0.2) is 12.4 Å². The Morgan fingerprint density at radius 3 is 2.59 bits per heavy atom. The van der Waals surface area contributed by atoms with Crippen LogP contribution in [0.5, 0.6) is 0 Å². The molecule has 0 saturated heterocycles. The number of fused-ring (bicyclic) bond motifs is 3. The summed E-state index contributed by atoms with van der Waals surface area (Å²) >= 11 is 7.59. The zero-order valence-electron chi connectivity index (χ0n) is 18.2. The molecule has 0 unspecified atom stereocenters. The van der Waals surface area contributed by atoms with E-state index in [1.54, 1.807) is 6.33 Å². The zero-order valence-corrected chi connectivity index (χ0v) is 19.8. The lowest BCUT2D eigenvalue weighted by molar-refractivity contribution is 0.0719. The molecule has 166 valence electrons. The van der Waals surface area contributed by atoms with Crippen molar-refractivity contribution in [2.45, 2.75) is 58.2 Å². The number of nitrogens with one attached hydrogen (secondary N) is 1.